The van der Waals surface area contributed by atoms with Crippen molar-refractivity contribution >= 4 is 28.6 Å². The Morgan fingerprint density at radius 1 is 1.02 bits per heavy atom. The Labute approximate surface area is 246 Å². The summed E-state index contributed by atoms with van der Waals surface area (Å²) in [5.41, 5.74) is 3.70. The summed E-state index contributed by atoms with van der Waals surface area (Å²) in [6, 6.07) is 19.7. The summed E-state index contributed by atoms with van der Waals surface area (Å²) in [6.07, 6.45) is -5.30. The van der Waals surface area contributed by atoms with Crippen LogP contribution in [-0.4, -0.2) is 58.8 Å². The second-order valence-corrected chi connectivity index (χ2v) is 10.9. The van der Waals surface area contributed by atoms with Crippen molar-refractivity contribution in [3.05, 3.63) is 99.1 Å². The molecule has 0 fully saturated rings. The smallest absolute Gasteiger partial charge is 0.411 e. The fourth-order valence-electron chi connectivity index (χ4n) is 5.41. The van der Waals surface area contributed by atoms with Crippen molar-refractivity contribution in [2.75, 3.05) is 27.2 Å². The standard InChI is InChI=1S/C31H30ClF3N4O3/c1-19(38(3)30(41)42-27-22-12-6-4-10-20(22)21-11-5-7-13-23(21)27)28-36-25-15-8-14-24(32)26(25)29(40)39(28)17-9-16-37(2)18-31(33,34)35/h4-8,10-15,19,27H,9,16-18H2,1-3H3/t19-/m0/s1. The van der Waals surface area contributed by atoms with Gasteiger partial charge in [0.2, 0.25) is 0 Å². The molecular formula is C31H30ClF3N4O3. The molecule has 0 bridgehead atoms. The first-order chi connectivity index (χ1) is 20.0. The number of hydrogen-bond acceptors (Lipinski definition) is 5. The van der Waals surface area contributed by atoms with Crippen LogP contribution in [0.5, 0.6) is 0 Å². The Bertz CT molecular complexity index is 1650. The van der Waals surface area contributed by atoms with E-state index >= 15 is 0 Å². The summed E-state index contributed by atoms with van der Waals surface area (Å²) < 4.78 is 45.9. The van der Waals surface area contributed by atoms with E-state index in [4.69, 9.17) is 21.3 Å². The molecule has 0 radical (unpaired) electrons. The van der Waals surface area contributed by atoms with Gasteiger partial charge >= 0.3 is 12.3 Å². The van der Waals surface area contributed by atoms with Crippen LogP contribution in [0.15, 0.2) is 71.5 Å². The van der Waals surface area contributed by atoms with Gasteiger partial charge in [0.1, 0.15) is 5.82 Å². The van der Waals surface area contributed by atoms with E-state index in [0.29, 0.717) is 5.52 Å². The van der Waals surface area contributed by atoms with Gasteiger partial charge in [-0.25, -0.2) is 9.78 Å². The number of nitrogens with zero attached hydrogens (tertiary/aromatic N) is 4. The summed E-state index contributed by atoms with van der Waals surface area (Å²) in [4.78, 5) is 34.4. The Hall–Kier alpha value is -3.89. The Balaban J connectivity index is 1.43. The third kappa shape index (κ3) is 5.87. The number of rotatable bonds is 8. The average Bonchev–Trinajstić information content (AvgIpc) is 3.25. The van der Waals surface area contributed by atoms with Crippen LogP contribution >= 0.6 is 11.6 Å². The van der Waals surface area contributed by atoms with Crippen molar-refractivity contribution in [2.24, 2.45) is 0 Å². The SMILES string of the molecule is C[C@@H](c1nc2cccc(Cl)c2c(=O)n1CCCN(C)CC(F)(F)F)N(C)C(=O)OC1c2ccccc2-c2ccccc21. The third-order valence-corrected chi connectivity index (χ3v) is 7.89. The molecule has 1 aliphatic carbocycles. The summed E-state index contributed by atoms with van der Waals surface area (Å²) in [6.45, 7) is 0.844. The van der Waals surface area contributed by atoms with Crippen molar-refractivity contribution in [1.29, 1.82) is 0 Å². The normalized spacial score (nSPS) is 13.7. The topological polar surface area (TPSA) is 67.7 Å². The molecule has 0 unspecified atom stereocenters. The third-order valence-electron chi connectivity index (χ3n) is 7.57. The molecule has 1 heterocycles. The van der Waals surface area contributed by atoms with Gasteiger partial charge in [-0.3, -0.25) is 14.3 Å². The molecule has 220 valence electrons. The quantitative estimate of drug-likeness (QED) is 0.222. The van der Waals surface area contributed by atoms with Crippen LogP contribution < -0.4 is 5.56 Å². The molecule has 1 amide bonds. The van der Waals surface area contributed by atoms with Gasteiger partial charge < -0.3 is 9.64 Å². The molecule has 0 saturated heterocycles. The average molecular weight is 599 g/mol. The molecule has 3 aromatic carbocycles. The molecule has 0 aliphatic heterocycles. The minimum absolute atomic E-state index is 0.0845. The van der Waals surface area contributed by atoms with E-state index in [2.05, 4.69) is 0 Å². The zero-order chi connectivity index (χ0) is 30.2. The van der Waals surface area contributed by atoms with Gasteiger partial charge in [0.05, 0.1) is 28.5 Å². The summed E-state index contributed by atoms with van der Waals surface area (Å²) in [7, 11) is 2.94. The summed E-state index contributed by atoms with van der Waals surface area (Å²) in [5, 5.41) is 0.432. The highest BCUT2D eigenvalue weighted by molar-refractivity contribution is 6.35. The predicted octanol–water partition coefficient (Wildman–Crippen LogP) is 6.83. The number of benzene rings is 3. The number of hydrogen-bond donors (Lipinski definition) is 0. The molecule has 1 aliphatic rings. The highest BCUT2D eigenvalue weighted by atomic mass is 35.5. The minimum Gasteiger partial charge on any atom is -0.436 e. The van der Waals surface area contributed by atoms with E-state index in [0.717, 1.165) is 27.2 Å². The molecule has 0 saturated carbocycles. The largest absolute Gasteiger partial charge is 0.436 e. The van der Waals surface area contributed by atoms with Crippen LogP contribution in [0.4, 0.5) is 18.0 Å². The van der Waals surface area contributed by atoms with Gasteiger partial charge in [0.15, 0.2) is 6.10 Å². The van der Waals surface area contributed by atoms with Gasteiger partial charge in [0, 0.05) is 24.7 Å². The molecular weight excluding hydrogens is 569 g/mol. The number of alkyl halides is 3. The van der Waals surface area contributed by atoms with E-state index in [1.807, 2.05) is 48.5 Å². The van der Waals surface area contributed by atoms with Crippen molar-refractivity contribution in [3.63, 3.8) is 0 Å². The summed E-state index contributed by atoms with van der Waals surface area (Å²) in [5.74, 6) is 0.278. The fraction of sp³-hybridized carbons (Fsp3) is 0.323. The van der Waals surface area contributed by atoms with Gasteiger partial charge in [-0.05, 0) is 50.2 Å². The van der Waals surface area contributed by atoms with Crippen molar-refractivity contribution < 1.29 is 22.7 Å². The number of carbonyl (C=O) groups is 1. The zero-order valence-electron chi connectivity index (χ0n) is 23.4. The molecule has 7 nitrogen and oxygen atoms in total. The second-order valence-electron chi connectivity index (χ2n) is 10.5. The first kappa shape index (κ1) is 29.6. The highest BCUT2D eigenvalue weighted by Gasteiger charge is 2.34. The van der Waals surface area contributed by atoms with Gasteiger partial charge in [-0.1, -0.05) is 66.2 Å². The lowest BCUT2D eigenvalue weighted by atomic mass is 10.1. The molecule has 11 heteroatoms. The lowest BCUT2D eigenvalue weighted by Crippen LogP contribution is -2.37. The van der Waals surface area contributed by atoms with Gasteiger partial charge in [-0.2, -0.15) is 13.2 Å². The van der Waals surface area contributed by atoms with Crippen molar-refractivity contribution in [3.8, 4) is 11.1 Å². The number of halogens is 4. The monoisotopic (exact) mass is 598 g/mol. The van der Waals surface area contributed by atoms with Gasteiger partial charge in [0.25, 0.3) is 5.56 Å². The molecule has 0 N–H and O–H groups in total. The molecule has 42 heavy (non-hydrogen) atoms. The van der Waals surface area contributed by atoms with Crippen LogP contribution in [0.2, 0.25) is 5.02 Å². The Morgan fingerprint density at radius 2 is 1.64 bits per heavy atom. The predicted molar refractivity (Wildman–Crippen MR) is 156 cm³/mol. The molecule has 5 rings (SSSR count). The highest BCUT2D eigenvalue weighted by Crippen LogP contribution is 2.45. The number of aromatic nitrogens is 2. The second kappa shape index (κ2) is 11.8. The minimum atomic E-state index is -4.33. The number of ether oxygens (including phenoxy) is 1. The Kier molecular flexibility index (Phi) is 8.30. The van der Waals surface area contributed by atoms with Crippen LogP contribution in [0, 0.1) is 0 Å². The van der Waals surface area contributed by atoms with Gasteiger partial charge in [-0.15, -0.1) is 0 Å². The van der Waals surface area contributed by atoms with Crippen molar-refractivity contribution in [2.45, 2.75) is 38.2 Å². The fourth-order valence-corrected chi connectivity index (χ4v) is 5.66. The summed E-state index contributed by atoms with van der Waals surface area (Å²) >= 11 is 6.34. The lowest BCUT2D eigenvalue weighted by Gasteiger charge is -2.28. The maximum absolute atomic E-state index is 13.6. The van der Waals surface area contributed by atoms with Crippen LogP contribution in [-0.2, 0) is 11.3 Å². The van der Waals surface area contributed by atoms with E-state index in [1.165, 1.54) is 16.5 Å². The molecule has 1 atom stereocenters. The van der Waals surface area contributed by atoms with Crippen LogP contribution in [0.3, 0.4) is 0 Å². The van der Waals surface area contributed by atoms with Crippen molar-refractivity contribution in [1.82, 2.24) is 19.4 Å². The molecule has 0 spiro atoms. The van der Waals surface area contributed by atoms with E-state index < -0.39 is 36.5 Å². The maximum atomic E-state index is 13.6. The van der Waals surface area contributed by atoms with Crippen LogP contribution in [0.1, 0.15) is 42.4 Å². The number of carbonyl (C=O) groups excluding carboxylic acids is 1. The first-order valence-electron chi connectivity index (χ1n) is 13.5. The molecule has 4 aromatic rings. The van der Waals surface area contributed by atoms with Crippen LogP contribution in [0.25, 0.3) is 22.0 Å². The number of amides is 1. The first-order valence-corrected chi connectivity index (χ1v) is 13.9. The zero-order valence-corrected chi connectivity index (χ0v) is 24.1. The number of fused-ring (bicyclic) bond motifs is 4. The lowest BCUT2D eigenvalue weighted by molar-refractivity contribution is -0.143. The maximum Gasteiger partial charge on any atom is 0.411 e. The van der Waals surface area contributed by atoms with E-state index in [1.54, 1.807) is 32.2 Å². The molecule has 1 aromatic heterocycles. The Morgan fingerprint density at radius 3 is 2.26 bits per heavy atom. The van der Waals surface area contributed by atoms with E-state index in [-0.39, 0.29) is 35.7 Å². The van der Waals surface area contributed by atoms with E-state index in [9.17, 15) is 22.8 Å².